The van der Waals surface area contributed by atoms with Crippen LogP contribution in [-0.4, -0.2) is 9.97 Å². The smallest absolute Gasteiger partial charge is 0.144 e. The first kappa shape index (κ1) is 9.15. The molecule has 4 heteroatoms. The van der Waals surface area contributed by atoms with E-state index in [1.165, 1.54) is 16.9 Å². The molecule has 2 rings (SSSR count). The van der Waals surface area contributed by atoms with E-state index in [4.69, 9.17) is 5.73 Å². The molecule has 0 aliphatic heterocycles. The van der Waals surface area contributed by atoms with Gasteiger partial charge in [-0.3, -0.25) is 4.98 Å². The van der Waals surface area contributed by atoms with E-state index in [9.17, 15) is 0 Å². The molecule has 0 aliphatic carbocycles. The summed E-state index contributed by atoms with van der Waals surface area (Å²) in [6.45, 7) is 2.11. The van der Waals surface area contributed by atoms with Gasteiger partial charge in [-0.1, -0.05) is 13.0 Å². The molecule has 14 heavy (non-hydrogen) atoms. The summed E-state index contributed by atoms with van der Waals surface area (Å²) in [5, 5.41) is 2.74. The molecule has 0 aliphatic rings. The average Bonchev–Trinajstić information content (AvgIpc) is 2.65. The molecule has 2 aromatic rings. The Morgan fingerprint density at radius 1 is 1.50 bits per heavy atom. The molecule has 2 N–H and O–H groups in total. The Bertz CT molecular complexity index is 436. The number of pyridine rings is 1. The average molecular weight is 205 g/mol. The van der Waals surface area contributed by atoms with E-state index in [0.717, 1.165) is 17.1 Å². The zero-order valence-corrected chi connectivity index (χ0v) is 8.71. The van der Waals surface area contributed by atoms with Crippen LogP contribution in [0.2, 0.25) is 0 Å². The van der Waals surface area contributed by atoms with Gasteiger partial charge in [-0.15, -0.1) is 11.3 Å². The van der Waals surface area contributed by atoms with Crippen LogP contribution in [-0.2, 0) is 6.42 Å². The minimum absolute atomic E-state index is 0.567. The van der Waals surface area contributed by atoms with Gasteiger partial charge < -0.3 is 5.73 Å². The van der Waals surface area contributed by atoms with E-state index in [1.807, 2.05) is 11.4 Å². The number of rotatable bonds is 2. The lowest BCUT2D eigenvalue weighted by Crippen LogP contribution is -1.91. The molecule has 0 radical (unpaired) electrons. The van der Waals surface area contributed by atoms with Crippen molar-refractivity contribution in [3.05, 3.63) is 29.3 Å². The maximum Gasteiger partial charge on any atom is 0.144 e. The lowest BCUT2D eigenvalue weighted by molar-refractivity contribution is 1.10. The summed E-state index contributed by atoms with van der Waals surface area (Å²) in [7, 11) is 0. The van der Waals surface area contributed by atoms with Crippen molar-refractivity contribution in [1.82, 2.24) is 9.97 Å². The van der Waals surface area contributed by atoms with Crippen molar-refractivity contribution in [3.8, 4) is 10.7 Å². The monoisotopic (exact) mass is 205 g/mol. The molecule has 0 fully saturated rings. The van der Waals surface area contributed by atoms with E-state index in [2.05, 4.69) is 23.0 Å². The van der Waals surface area contributed by atoms with E-state index in [0.29, 0.717) is 5.82 Å². The van der Waals surface area contributed by atoms with Gasteiger partial charge in [0.25, 0.3) is 0 Å². The van der Waals surface area contributed by atoms with Gasteiger partial charge in [0.05, 0.1) is 0 Å². The third-order valence-corrected chi connectivity index (χ3v) is 2.86. The molecule has 0 bridgehead atoms. The SMILES string of the molecule is CCc1cccnc1-c1nc(N)cs1. The van der Waals surface area contributed by atoms with Gasteiger partial charge in [0.15, 0.2) is 0 Å². The van der Waals surface area contributed by atoms with Gasteiger partial charge in [0.2, 0.25) is 0 Å². The Morgan fingerprint density at radius 2 is 2.36 bits per heavy atom. The van der Waals surface area contributed by atoms with E-state index in [-0.39, 0.29) is 0 Å². The summed E-state index contributed by atoms with van der Waals surface area (Å²) in [6, 6.07) is 4.01. The van der Waals surface area contributed by atoms with Crippen molar-refractivity contribution in [2.24, 2.45) is 0 Å². The number of nitrogens with two attached hydrogens (primary N) is 1. The number of thiazole rings is 1. The molecule has 0 unspecified atom stereocenters. The van der Waals surface area contributed by atoms with Gasteiger partial charge >= 0.3 is 0 Å². The molecule has 0 spiro atoms. The lowest BCUT2D eigenvalue weighted by Gasteiger charge is -2.01. The van der Waals surface area contributed by atoms with Crippen LogP contribution >= 0.6 is 11.3 Å². The van der Waals surface area contributed by atoms with E-state index < -0.39 is 0 Å². The first-order valence-electron chi connectivity index (χ1n) is 4.46. The lowest BCUT2D eigenvalue weighted by atomic mass is 10.1. The number of hydrogen-bond acceptors (Lipinski definition) is 4. The Kier molecular flexibility index (Phi) is 2.45. The Morgan fingerprint density at radius 3 is 3.00 bits per heavy atom. The minimum Gasteiger partial charge on any atom is -0.383 e. The molecular formula is C10H11N3S. The van der Waals surface area contributed by atoms with Gasteiger partial charge in [0, 0.05) is 11.6 Å². The molecule has 0 atom stereocenters. The molecule has 72 valence electrons. The predicted octanol–water partition coefficient (Wildman–Crippen LogP) is 2.35. The highest BCUT2D eigenvalue weighted by atomic mass is 32.1. The molecule has 0 saturated carbocycles. The Labute approximate surface area is 86.6 Å². The normalized spacial score (nSPS) is 10.4. The molecule has 0 saturated heterocycles. The fraction of sp³-hybridized carbons (Fsp3) is 0.200. The molecule has 2 aromatic heterocycles. The predicted molar refractivity (Wildman–Crippen MR) is 59.1 cm³/mol. The summed E-state index contributed by atoms with van der Waals surface area (Å²) in [6.07, 6.45) is 2.74. The standard InChI is InChI=1S/C10H11N3S/c1-2-7-4-3-5-12-9(7)10-13-8(11)6-14-10/h3-6H,2,11H2,1H3. The van der Waals surface area contributed by atoms with Crippen LogP contribution in [0.4, 0.5) is 5.82 Å². The van der Waals surface area contributed by atoms with E-state index >= 15 is 0 Å². The number of aryl methyl sites for hydroxylation is 1. The largest absolute Gasteiger partial charge is 0.383 e. The zero-order chi connectivity index (χ0) is 9.97. The number of nitrogen functional groups attached to an aromatic ring is 1. The highest BCUT2D eigenvalue weighted by molar-refractivity contribution is 7.13. The second kappa shape index (κ2) is 3.75. The highest BCUT2D eigenvalue weighted by Gasteiger charge is 2.07. The Balaban J connectivity index is 2.50. The van der Waals surface area contributed by atoms with Gasteiger partial charge in [-0.05, 0) is 18.1 Å². The van der Waals surface area contributed by atoms with Crippen molar-refractivity contribution in [2.75, 3.05) is 5.73 Å². The third kappa shape index (κ3) is 1.61. The summed E-state index contributed by atoms with van der Waals surface area (Å²) < 4.78 is 0. The molecule has 0 amide bonds. The number of nitrogens with zero attached hydrogens (tertiary/aromatic N) is 2. The number of aromatic nitrogens is 2. The quantitative estimate of drug-likeness (QED) is 0.818. The number of hydrogen-bond donors (Lipinski definition) is 1. The number of anilines is 1. The zero-order valence-electron chi connectivity index (χ0n) is 7.90. The first-order chi connectivity index (χ1) is 6.81. The topological polar surface area (TPSA) is 51.8 Å². The summed E-state index contributed by atoms with van der Waals surface area (Å²) in [5.41, 5.74) is 7.74. The maximum absolute atomic E-state index is 5.58. The van der Waals surface area contributed by atoms with Crippen molar-refractivity contribution in [3.63, 3.8) is 0 Å². The summed E-state index contributed by atoms with van der Waals surface area (Å²) >= 11 is 1.53. The maximum atomic E-state index is 5.58. The van der Waals surface area contributed by atoms with Crippen LogP contribution in [0.3, 0.4) is 0 Å². The highest BCUT2D eigenvalue weighted by Crippen LogP contribution is 2.25. The summed E-state index contributed by atoms with van der Waals surface area (Å²) in [5.74, 6) is 0.567. The van der Waals surface area contributed by atoms with Gasteiger partial charge in [-0.25, -0.2) is 4.98 Å². The van der Waals surface area contributed by atoms with Crippen molar-refractivity contribution < 1.29 is 0 Å². The van der Waals surface area contributed by atoms with Crippen LogP contribution < -0.4 is 5.73 Å². The second-order valence-corrected chi connectivity index (χ2v) is 3.80. The fourth-order valence-corrected chi connectivity index (χ4v) is 2.05. The van der Waals surface area contributed by atoms with Crippen molar-refractivity contribution in [1.29, 1.82) is 0 Å². The second-order valence-electron chi connectivity index (χ2n) is 2.94. The van der Waals surface area contributed by atoms with Crippen molar-refractivity contribution >= 4 is 17.2 Å². The van der Waals surface area contributed by atoms with Crippen LogP contribution in [0.5, 0.6) is 0 Å². The third-order valence-electron chi connectivity index (χ3n) is 2.00. The molecule has 0 aromatic carbocycles. The molecular weight excluding hydrogens is 194 g/mol. The van der Waals surface area contributed by atoms with E-state index in [1.54, 1.807) is 6.20 Å². The molecule has 2 heterocycles. The molecule has 3 nitrogen and oxygen atoms in total. The van der Waals surface area contributed by atoms with Gasteiger partial charge in [0.1, 0.15) is 16.5 Å². The fourth-order valence-electron chi connectivity index (χ4n) is 1.31. The summed E-state index contributed by atoms with van der Waals surface area (Å²) in [4.78, 5) is 8.55. The van der Waals surface area contributed by atoms with Crippen LogP contribution in [0.1, 0.15) is 12.5 Å². The van der Waals surface area contributed by atoms with Gasteiger partial charge in [-0.2, -0.15) is 0 Å². The first-order valence-corrected chi connectivity index (χ1v) is 5.34. The van der Waals surface area contributed by atoms with Crippen LogP contribution in [0.25, 0.3) is 10.7 Å². The van der Waals surface area contributed by atoms with Crippen LogP contribution in [0, 0.1) is 0 Å². The minimum atomic E-state index is 0.567. The van der Waals surface area contributed by atoms with Crippen LogP contribution in [0.15, 0.2) is 23.7 Å². The Hall–Kier alpha value is -1.42. The van der Waals surface area contributed by atoms with Crippen molar-refractivity contribution in [2.45, 2.75) is 13.3 Å².